The van der Waals surface area contributed by atoms with Crippen LogP contribution in [0, 0.1) is 16.7 Å². The molecule has 0 aromatic rings. The highest BCUT2D eigenvalue weighted by Crippen LogP contribution is 2.66. The molecule has 0 radical (unpaired) electrons. The Hall–Kier alpha value is -0.830. The molecule has 20 heavy (non-hydrogen) atoms. The van der Waals surface area contributed by atoms with Gasteiger partial charge in [0.15, 0.2) is 0 Å². The summed E-state index contributed by atoms with van der Waals surface area (Å²) >= 11 is 0. The van der Waals surface area contributed by atoms with Crippen molar-refractivity contribution in [1.29, 1.82) is 0 Å². The van der Waals surface area contributed by atoms with Gasteiger partial charge in [0.1, 0.15) is 0 Å². The Morgan fingerprint density at radius 2 is 1.85 bits per heavy atom. The number of carbonyl (C=O) groups excluding carboxylic acids is 1. The lowest BCUT2D eigenvalue weighted by molar-refractivity contribution is -0.139. The first-order chi connectivity index (χ1) is 9.36. The molecule has 2 N–H and O–H groups in total. The lowest BCUT2D eigenvalue weighted by atomic mass is 9.43. The zero-order valence-corrected chi connectivity index (χ0v) is 12.9. The molecule has 3 heteroatoms. The Morgan fingerprint density at radius 1 is 1.20 bits per heavy atom. The van der Waals surface area contributed by atoms with Gasteiger partial charge in [0.2, 0.25) is 5.91 Å². The van der Waals surface area contributed by atoms with Crippen molar-refractivity contribution >= 4 is 5.91 Å². The van der Waals surface area contributed by atoms with E-state index < -0.39 is 0 Å². The molecule has 4 aliphatic rings. The van der Waals surface area contributed by atoms with E-state index in [0.29, 0.717) is 23.9 Å². The lowest BCUT2D eigenvalue weighted by Gasteiger charge is -2.65. The van der Waals surface area contributed by atoms with Crippen molar-refractivity contribution in [1.82, 2.24) is 10.6 Å². The smallest absolute Gasteiger partial charge is 0.234 e. The topological polar surface area (TPSA) is 41.1 Å². The first-order valence-electron chi connectivity index (χ1n) is 7.99. The Balaban J connectivity index is 1.69. The van der Waals surface area contributed by atoms with Crippen LogP contribution in [0.3, 0.4) is 0 Å². The molecule has 4 saturated carbocycles. The molecule has 4 aliphatic carbocycles. The summed E-state index contributed by atoms with van der Waals surface area (Å²) in [6, 6.07) is 0. The molecule has 1 amide bonds. The average molecular weight is 276 g/mol. The van der Waals surface area contributed by atoms with Crippen LogP contribution in [0.4, 0.5) is 0 Å². The Bertz CT molecular complexity index is 413. The van der Waals surface area contributed by atoms with Crippen molar-refractivity contribution in [3.05, 3.63) is 12.7 Å². The van der Waals surface area contributed by atoms with E-state index in [1.165, 1.54) is 38.5 Å². The maximum absolute atomic E-state index is 12.2. The minimum Gasteiger partial charge on any atom is -0.350 e. The lowest BCUT2D eigenvalue weighted by Crippen LogP contribution is -2.65. The van der Waals surface area contributed by atoms with Crippen LogP contribution in [0.5, 0.6) is 0 Å². The van der Waals surface area contributed by atoms with Crippen LogP contribution in [-0.4, -0.2) is 24.5 Å². The summed E-state index contributed by atoms with van der Waals surface area (Å²) in [5.41, 5.74) is 0.988. The Kier molecular flexibility index (Phi) is 3.24. The van der Waals surface area contributed by atoms with Crippen LogP contribution >= 0.6 is 0 Å². The summed E-state index contributed by atoms with van der Waals surface area (Å²) in [6.07, 6.45) is 9.44. The fourth-order valence-electron chi connectivity index (χ4n) is 6.21. The molecule has 4 rings (SSSR count). The van der Waals surface area contributed by atoms with E-state index in [1.54, 1.807) is 6.08 Å². The monoisotopic (exact) mass is 276 g/mol. The number of hydrogen-bond acceptors (Lipinski definition) is 2. The van der Waals surface area contributed by atoms with Crippen LogP contribution in [0.1, 0.15) is 52.4 Å². The van der Waals surface area contributed by atoms with E-state index in [0.717, 1.165) is 5.92 Å². The van der Waals surface area contributed by atoms with Crippen molar-refractivity contribution in [3.8, 4) is 0 Å². The van der Waals surface area contributed by atoms with Crippen molar-refractivity contribution in [2.24, 2.45) is 16.7 Å². The van der Waals surface area contributed by atoms with Crippen molar-refractivity contribution < 1.29 is 4.79 Å². The summed E-state index contributed by atoms with van der Waals surface area (Å²) in [5.74, 6) is 0.976. The number of amides is 1. The molecule has 4 fully saturated rings. The van der Waals surface area contributed by atoms with E-state index in [-0.39, 0.29) is 11.4 Å². The fourth-order valence-corrected chi connectivity index (χ4v) is 6.21. The molecule has 0 spiro atoms. The van der Waals surface area contributed by atoms with Gasteiger partial charge in [-0.2, -0.15) is 0 Å². The van der Waals surface area contributed by atoms with Gasteiger partial charge >= 0.3 is 0 Å². The zero-order valence-electron chi connectivity index (χ0n) is 12.9. The maximum atomic E-state index is 12.2. The second-order valence-corrected chi connectivity index (χ2v) is 8.38. The van der Waals surface area contributed by atoms with Gasteiger partial charge in [-0.1, -0.05) is 19.9 Å². The molecule has 0 aromatic heterocycles. The quantitative estimate of drug-likeness (QED) is 0.599. The predicted molar refractivity (Wildman–Crippen MR) is 81.3 cm³/mol. The van der Waals surface area contributed by atoms with Gasteiger partial charge in [0, 0.05) is 12.1 Å². The highest BCUT2D eigenvalue weighted by molar-refractivity contribution is 5.79. The molecule has 112 valence electrons. The van der Waals surface area contributed by atoms with E-state index in [9.17, 15) is 4.79 Å². The first kappa shape index (κ1) is 14.1. The Morgan fingerprint density at radius 3 is 2.40 bits per heavy atom. The van der Waals surface area contributed by atoms with Gasteiger partial charge in [-0.15, -0.1) is 6.58 Å². The summed E-state index contributed by atoms with van der Waals surface area (Å²) in [4.78, 5) is 12.2. The second-order valence-electron chi connectivity index (χ2n) is 8.38. The minimum absolute atomic E-state index is 0.0792. The third-order valence-corrected chi connectivity index (χ3v) is 5.61. The van der Waals surface area contributed by atoms with E-state index >= 15 is 0 Å². The molecule has 0 saturated heterocycles. The summed E-state index contributed by atoms with van der Waals surface area (Å²) in [7, 11) is 0. The van der Waals surface area contributed by atoms with Gasteiger partial charge in [-0.3, -0.25) is 4.79 Å². The number of nitrogens with one attached hydrogen (secondary N) is 2. The maximum Gasteiger partial charge on any atom is 0.234 e. The highest BCUT2D eigenvalue weighted by Gasteiger charge is 2.60. The second kappa shape index (κ2) is 4.59. The third-order valence-electron chi connectivity index (χ3n) is 5.61. The molecule has 4 bridgehead atoms. The van der Waals surface area contributed by atoms with Gasteiger partial charge in [0.25, 0.3) is 0 Å². The molecular weight excluding hydrogens is 248 g/mol. The van der Waals surface area contributed by atoms with Crippen molar-refractivity contribution in [2.75, 3.05) is 13.1 Å². The predicted octanol–water partition coefficient (Wildman–Crippen LogP) is 2.63. The van der Waals surface area contributed by atoms with Gasteiger partial charge in [-0.25, -0.2) is 0 Å². The molecule has 0 aliphatic heterocycles. The zero-order chi connectivity index (χ0) is 14.4. The van der Waals surface area contributed by atoms with Crippen LogP contribution in [-0.2, 0) is 4.79 Å². The van der Waals surface area contributed by atoms with E-state index in [2.05, 4.69) is 31.1 Å². The average Bonchev–Trinajstić information content (AvgIpc) is 2.22. The normalized spacial score (nSPS) is 45.4. The van der Waals surface area contributed by atoms with Gasteiger partial charge in [-0.05, 0) is 55.3 Å². The van der Waals surface area contributed by atoms with Gasteiger partial charge in [0.05, 0.1) is 6.54 Å². The highest BCUT2D eigenvalue weighted by atomic mass is 16.2. The summed E-state index contributed by atoms with van der Waals surface area (Å²) < 4.78 is 0. The van der Waals surface area contributed by atoms with Crippen LogP contribution in [0.15, 0.2) is 12.7 Å². The SMILES string of the molecule is C=CCNCC(=O)NC12CC3CC(C)(CC(C)(C3)C1)C2. The molecule has 0 aromatic carbocycles. The number of hydrogen-bond donors (Lipinski definition) is 2. The van der Waals surface area contributed by atoms with E-state index in [1.807, 2.05) is 0 Å². The molecule has 2 unspecified atom stereocenters. The van der Waals surface area contributed by atoms with Gasteiger partial charge < -0.3 is 10.6 Å². The third kappa shape index (κ3) is 2.52. The number of carbonyl (C=O) groups is 1. The van der Waals surface area contributed by atoms with Crippen molar-refractivity contribution in [3.63, 3.8) is 0 Å². The molecular formula is C17H28N2O. The van der Waals surface area contributed by atoms with Crippen LogP contribution in [0.2, 0.25) is 0 Å². The molecule has 3 nitrogen and oxygen atoms in total. The summed E-state index contributed by atoms with van der Waals surface area (Å²) in [5, 5.41) is 6.50. The van der Waals surface area contributed by atoms with Crippen LogP contribution in [0.25, 0.3) is 0 Å². The largest absolute Gasteiger partial charge is 0.350 e. The summed E-state index contributed by atoms with van der Waals surface area (Å²) in [6.45, 7) is 9.64. The van der Waals surface area contributed by atoms with E-state index in [4.69, 9.17) is 0 Å². The number of rotatable bonds is 5. The fraction of sp³-hybridized carbons (Fsp3) is 0.824. The Labute approximate surface area is 122 Å². The first-order valence-corrected chi connectivity index (χ1v) is 7.99. The molecule has 0 heterocycles. The minimum atomic E-state index is 0.0792. The molecule has 2 atom stereocenters. The van der Waals surface area contributed by atoms with Crippen LogP contribution < -0.4 is 10.6 Å². The standard InChI is InChI=1S/C17H28N2O/c1-4-5-18-9-14(20)19-17-8-13-6-15(2,11-17)10-16(3,7-13)12-17/h4,13,18H,1,5-12H2,2-3H3,(H,19,20). The van der Waals surface area contributed by atoms with Crippen molar-refractivity contribution in [2.45, 2.75) is 57.9 Å².